The molecular formula is C16H10OS. The molecule has 0 radical (unpaired) electrons. The molecule has 0 spiro atoms. The van der Waals surface area contributed by atoms with Gasteiger partial charge in [-0.1, -0.05) is 36.4 Å². The van der Waals surface area contributed by atoms with E-state index in [0.29, 0.717) is 0 Å². The molecule has 0 N–H and O–H groups in total. The molecule has 0 fully saturated rings. The average Bonchev–Trinajstić information content (AvgIpc) is 2.88. The van der Waals surface area contributed by atoms with Crippen LogP contribution in [0.4, 0.5) is 0 Å². The van der Waals surface area contributed by atoms with Crippen LogP contribution in [0.1, 0.15) is 21.5 Å². The molecule has 2 aromatic carbocycles. The van der Waals surface area contributed by atoms with Gasteiger partial charge in [-0.05, 0) is 18.6 Å². The third kappa shape index (κ3) is 1.08. The van der Waals surface area contributed by atoms with E-state index in [1.165, 1.54) is 4.70 Å². The number of hydrogen-bond donors (Lipinski definition) is 0. The highest BCUT2D eigenvalue weighted by Crippen LogP contribution is 2.46. The van der Waals surface area contributed by atoms with Crippen molar-refractivity contribution < 1.29 is 4.79 Å². The number of carbonyl (C=O) groups excluding carboxylic acids is 1. The summed E-state index contributed by atoms with van der Waals surface area (Å²) in [5.74, 6) is 0.190. The van der Waals surface area contributed by atoms with Gasteiger partial charge in [-0.2, -0.15) is 0 Å². The van der Waals surface area contributed by atoms with Gasteiger partial charge in [0.05, 0.1) is 0 Å². The van der Waals surface area contributed by atoms with Crippen molar-refractivity contribution in [2.45, 2.75) is 6.92 Å². The fourth-order valence-electron chi connectivity index (χ4n) is 2.74. The Kier molecular flexibility index (Phi) is 1.84. The molecule has 0 amide bonds. The number of rotatable bonds is 0. The molecule has 0 saturated carbocycles. The Morgan fingerprint density at radius 1 is 0.944 bits per heavy atom. The molecule has 0 saturated heterocycles. The smallest absolute Gasteiger partial charge is 0.196 e. The van der Waals surface area contributed by atoms with Crippen LogP contribution in [-0.4, -0.2) is 5.78 Å². The topological polar surface area (TPSA) is 17.1 Å². The lowest BCUT2D eigenvalue weighted by atomic mass is 10.0. The van der Waals surface area contributed by atoms with E-state index >= 15 is 0 Å². The first-order valence-electron chi connectivity index (χ1n) is 5.93. The Balaban J connectivity index is 2.18. The molecule has 0 bridgehead atoms. The third-order valence-corrected chi connectivity index (χ3v) is 4.77. The Morgan fingerprint density at radius 2 is 1.78 bits per heavy atom. The largest absolute Gasteiger partial charge is 0.288 e. The summed E-state index contributed by atoms with van der Waals surface area (Å²) in [6.07, 6.45) is 0. The molecule has 0 atom stereocenters. The van der Waals surface area contributed by atoms with Crippen LogP contribution < -0.4 is 0 Å². The van der Waals surface area contributed by atoms with Gasteiger partial charge in [-0.25, -0.2) is 0 Å². The van der Waals surface area contributed by atoms with Crippen molar-refractivity contribution in [1.82, 2.24) is 0 Å². The second-order valence-corrected chi connectivity index (χ2v) is 5.68. The maximum Gasteiger partial charge on any atom is 0.196 e. The monoisotopic (exact) mass is 250 g/mol. The Morgan fingerprint density at radius 3 is 2.67 bits per heavy atom. The van der Waals surface area contributed by atoms with Gasteiger partial charge in [0.25, 0.3) is 0 Å². The lowest BCUT2D eigenvalue weighted by Gasteiger charge is -2.01. The molecule has 1 heterocycles. The van der Waals surface area contributed by atoms with Gasteiger partial charge < -0.3 is 0 Å². The van der Waals surface area contributed by atoms with Crippen molar-refractivity contribution in [3.63, 3.8) is 0 Å². The summed E-state index contributed by atoms with van der Waals surface area (Å²) in [7, 11) is 0. The van der Waals surface area contributed by atoms with E-state index in [2.05, 4.69) is 12.1 Å². The van der Waals surface area contributed by atoms with Crippen molar-refractivity contribution in [3.8, 4) is 10.4 Å². The van der Waals surface area contributed by atoms with Crippen LogP contribution >= 0.6 is 11.3 Å². The fraction of sp³-hybridized carbons (Fsp3) is 0.0625. The molecule has 0 aliphatic heterocycles. The van der Waals surface area contributed by atoms with Gasteiger partial charge in [0.2, 0.25) is 0 Å². The predicted molar refractivity (Wildman–Crippen MR) is 75.4 cm³/mol. The molecular weight excluding hydrogens is 240 g/mol. The Hall–Kier alpha value is -1.93. The zero-order valence-corrected chi connectivity index (χ0v) is 10.7. The second kappa shape index (κ2) is 3.30. The minimum absolute atomic E-state index is 0.190. The Bertz CT molecular complexity index is 811. The van der Waals surface area contributed by atoms with Gasteiger partial charge in [-0.15, -0.1) is 11.3 Å². The van der Waals surface area contributed by atoms with E-state index < -0.39 is 0 Å². The van der Waals surface area contributed by atoms with E-state index in [4.69, 9.17) is 0 Å². The maximum absolute atomic E-state index is 12.6. The zero-order valence-electron chi connectivity index (χ0n) is 9.86. The second-order valence-electron chi connectivity index (χ2n) is 4.63. The van der Waals surface area contributed by atoms with Crippen molar-refractivity contribution in [2.24, 2.45) is 0 Å². The van der Waals surface area contributed by atoms with E-state index in [9.17, 15) is 4.79 Å². The molecule has 1 aliphatic carbocycles. The van der Waals surface area contributed by atoms with Crippen LogP contribution in [-0.2, 0) is 0 Å². The van der Waals surface area contributed by atoms with Crippen LogP contribution in [0.5, 0.6) is 0 Å². The minimum Gasteiger partial charge on any atom is -0.288 e. The molecule has 86 valence electrons. The molecule has 0 unspecified atom stereocenters. The molecule has 2 heteroatoms. The zero-order chi connectivity index (χ0) is 12.3. The number of thiophene rings is 1. The van der Waals surface area contributed by atoms with Crippen LogP contribution in [0.2, 0.25) is 0 Å². The van der Waals surface area contributed by atoms with Crippen LogP contribution in [0.3, 0.4) is 0 Å². The van der Waals surface area contributed by atoms with Gasteiger partial charge in [-0.3, -0.25) is 4.79 Å². The van der Waals surface area contributed by atoms with Crippen molar-refractivity contribution >= 4 is 27.2 Å². The first-order valence-corrected chi connectivity index (χ1v) is 6.75. The lowest BCUT2D eigenvalue weighted by molar-refractivity contribution is 0.104. The van der Waals surface area contributed by atoms with Gasteiger partial charge in [0, 0.05) is 31.7 Å². The number of ketones is 1. The summed E-state index contributed by atoms with van der Waals surface area (Å²) in [5, 5.41) is 1.10. The summed E-state index contributed by atoms with van der Waals surface area (Å²) >= 11 is 1.72. The van der Waals surface area contributed by atoms with Crippen molar-refractivity contribution in [2.75, 3.05) is 0 Å². The fourth-order valence-corrected chi connectivity index (χ4v) is 3.98. The standard InChI is InChI=1S/C16H10OS/c1-9-5-4-7-11-13(9)15(17)14-10-6-2-3-8-12(10)18-16(11)14/h2-8H,1H3. The third-order valence-electron chi connectivity index (χ3n) is 3.57. The Labute approximate surface area is 109 Å². The summed E-state index contributed by atoms with van der Waals surface area (Å²) < 4.78 is 1.20. The molecule has 1 aliphatic rings. The number of hydrogen-bond acceptors (Lipinski definition) is 2. The van der Waals surface area contributed by atoms with E-state index in [1.54, 1.807) is 11.3 Å². The van der Waals surface area contributed by atoms with E-state index in [-0.39, 0.29) is 5.78 Å². The first-order chi connectivity index (χ1) is 8.77. The maximum atomic E-state index is 12.6. The summed E-state index contributed by atoms with van der Waals surface area (Å²) in [5.41, 5.74) is 3.98. The number of aryl methyl sites for hydroxylation is 1. The average molecular weight is 250 g/mol. The van der Waals surface area contributed by atoms with E-state index in [0.717, 1.165) is 32.5 Å². The predicted octanol–water partition coefficient (Wildman–Crippen LogP) is 4.42. The number of carbonyl (C=O) groups is 1. The van der Waals surface area contributed by atoms with Crippen LogP contribution in [0, 0.1) is 6.92 Å². The summed E-state index contributed by atoms with van der Waals surface area (Å²) in [4.78, 5) is 13.7. The minimum atomic E-state index is 0.190. The first kappa shape index (κ1) is 10.0. The SMILES string of the molecule is Cc1cccc2c1C(=O)c1c-2sc2ccccc12. The number of benzene rings is 2. The molecule has 4 rings (SSSR count). The van der Waals surface area contributed by atoms with Gasteiger partial charge in [0.1, 0.15) is 0 Å². The van der Waals surface area contributed by atoms with Crippen molar-refractivity contribution in [3.05, 3.63) is 59.2 Å². The molecule has 1 aromatic heterocycles. The highest BCUT2D eigenvalue weighted by atomic mass is 32.1. The highest BCUT2D eigenvalue weighted by Gasteiger charge is 2.31. The lowest BCUT2D eigenvalue weighted by Crippen LogP contribution is -1.97. The molecule has 18 heavy (non-hydrogen) atoms. The quantitative estimate of drug-likeness (QED) is 0.451. The normalized spacial score (nSPS) is 12.8. The summed E-state index contributed by atoms with van der Waals surface area (Å²) in [6, 6.07) is 14.2. The van der Waals surface area contributed by atoms with E-state index in [1.807, 2.05) is 37.3 Å². The molecule has 1 nitrogen and oxygen atoms in total. The van der Waals surface area contributed by atoms with Crippen LogP contribution in [0.25, 0.3) is 20.5 Å². The van der Waals surface area contributed by atoms with Gasteiger partial charge in [0.15, 0.2) is 5.78 Å². The summed E-state index contributed by atoms with van der Waals surface area (Å²) in [6.45, 7) is 2.01. The molecule has 3 aromatic rings. The van der Waals surface area contributed by atoms with Crippen molar-refractivity contribution in [1.29, 1.82) is 0 Å². The highest BCUT2D eigenvalue weighted by molar-refractivity contribution is 7.23. The number of fused-ring (bicyclic) bond motifs is 5. The van der Waals surface area contributed by atoms with Crippen LogP contribution in [0.15, 0.2) is 42.5 Å². The van der Waals surface area contributed by atoms with Gasteiger partial charge >= 0.3 is 0 Å².